The minimum Gasteiger partial charge on any atom is -0.446 e. The molecule has 0 bridgehead atoms. The Morgan fingerprint density at radius 1 is 1.08 bits per heavy atom. The van der Waals surface area contributed by atoms with E-state index in [0.29, 0.717) is 35.6 Å². The fourth-order valence-corrected chi connectivity index (χ4v) is 4.57. The van der Waals surface area contributed by atoms with E-state index in [9.17, 15) is 35.9 Å². The van der Waals surface area contributed by atoms with Crippen LogP contribution in [0.15, 0.2) is 30.3 Å². The van der Waals surface area contributed by atoms with Crippen molar-refractivity contribution in [3.63, 3.8) is 0 Å². The Hall–Kier alpha value is -3.31. The molecule has 3 rings (SSSR count). The Morgan fingerprint density at radius 2 is 1.66 bits per heavy atom. The van der Waals surface area contributed by atoms with Crippen LogP contribution in [0, 0.1) is 6.92 Å². The van der Waals surface area contributed by atoms with Gasteiger partial charge in [0.2, 0.25) is 5.91 Å². The lowest BCUT2D eigenvalue weighted by molar-refractivity contribution is -0.143. The highest BCUT2D eigenvalue weighted by molar-refractivity contribution is 5.90. The van der Waals surface area contributed by atoms with Crippen molar-refractivity contribution in [1.82, 2.24) is 9.88 Å². The van der Waals surface area contributed by atoms with Crippen molar-refractivity contribution < 1.29 is 40.7 Å². The van der Waals surface area contributed by atoms with Gasteiger partial charge in [-0.15, -0.1) is 0 Å². The minimum atomic E-state index is -5.02. The molecular formula is C26H29F6N3O3. The predicted octanol–water partition coefficient (Wildman–Crippen LogP) is 7.05. The van der Waals surface area contributed by atoms with Crippen LogP contribution >= 0.6 is 0 Å². The van der Waals surface area contributed by atoms with E-state index in [1.165, 1.54) is 16.7 Å². The molecule has 1 aromatic carbocycles. The number of carbonyl (C=O) groups excluding carboxylic acids is 2. The van der Waals surface area contributed by atoms with Crippen molar-refractivity contribution in [3.8, 4) is 0 Å². The highest BCUT2D eigenvalue weighted by Crippen LogP contribution is 2.42. The van der Waals surface area contributed by atoms with Gasteiger partial charge in [0.05, 0.1) is 34.7 Å². The van der Waals surface area contributed by atoms with E-state index in [1.807, 2.05) is 6.92 Å². The van der Waals surface area contributed by atoms with Crippen molar-refractivity contribution >= 4 is 17.7 Å². The van der Waals surface area contributed by atoms with Crippen LogP contribution in [0.2, 0.25) is 0 Å². The van der Waals surface area contributed by atoms with E-state index in [1.54, 1.807) is 32.9 Å². The van der Waals surface area contributed by atoms with Gasteiger partial charge in [0.1, 0.15) is 0 Å². The highest BCUT2D eigenvalue weighted by Gasteiger charge is 2.42. The summed E-state index contributed by atoms with van der Waals surface area (Å²) in [4.78, 5) is 33.0. The fraction of sp³-hybridized carbons (Fsp3) is 0.500. The first-order valence-electron chi connectivity index (χ1n) is 12.1. The zero-order valence-electron chi connectivity index (χ0n) is 21.6. The quantitative estimate of drug-likeness (QED) is 0.378. The maximum atomic E-state index is 13.4. The molecule has 1 aliphatic heterocycles. The molecule has 38 heavy (non-hydrogen) atoms. The third-order valence-corrected chi connectivity index (χ3v) is 6.26. The van der Waals surface area contributed by atoms with E-state index in [2.05, 4.69) is 4.98 Å². The number of alkyl halides is 6. The zero-order valence-corrected chi connectivity index (χ0v) is 21.6. The van der Waals surface area contributed by atoms with Gasteiger partial charge in [0.15, 0.2) is 0 Å². The summed E-state index contributed by atoms with van der Waals surface area (Å²) in [6, 6.07) is 3.33. The second-order valence-electron chi connectivity index (χ2n) is 9.53. The first-order chi connectivity index (χ1) is 17.5. The molecular weight excluding hydrogens is 516 g/mol. The van der Waals surface area contributed by atoms with Gasteiger partial charge in [0, 0.05) is 25.2 Å². The topological polar surface area (TPSA) is 62.7 Å². The van der Waals surface area contributed by atoms with Crippen LogP contribution in [0.1, 0.15) is 74.7 Å². The average Bonchev–Trinajstić information content (AvgIpc) is 2.79. The highest BCUT2D eigenvalue weighted by atomic mass is 19.4. The molecule has 0 unspecified atom stereocenters. The summed E-state index contributed by atoms with van der Waals surface area (Å²) in [6.07, 6.45) is -10.4. The summed E-state index contributed by atoms with van der Waals surface area (Å²) < 4.78 is 86.0. The summed E-state index contributed by atoms with van der Waals surface area (Å²) in [5.74, 6) is -0.566. The van der Waals surface area contributed by atoms with E-state index >= 15 is 0 Å². The maximum Gasteiger partial charge on any atom is 0.416 e. The number of ether oxygens (including phenoxy) is 1. The minimum absolute atomic E-state index is 0.0494. The van der Waals surface area contributed by atoms with Gasteiger partial charge in [-0.1, -0.05) is 6.92 Å². The van der Waals surface area contributed by atoms with Gasteiger partial charge in [-0.05, 0) is 69.5 Å². The van der Waals surface area contributed by atoms with Gasteiger partial charge in [-0.2, -0.15) is 26.3 Å². The number of nitrogens with zero attached hydrogens (tertiary/aromatic N) is 3. The monoisotopic (exact) mass is 545 g/mol. The molecule has 12 heteroatoms. The summed E-state index contributed by atoms with van der Waals surface area (Å²) in [5.41, 5.74) is -2.01. The first-order valence-corrected chi connectivity index (χ1v) is 12.1. The van der Waals surface area contributed by atoms with Gasteiger partial charge in [-0.25, -0.2) is 4.79 Å². The van der Waals surface area contributed by atoms with Gasteiger partial charge < -0.3 is 9.64 Å². The summed E-state index contributed by atoms with van der Waals surface area (Å²) in [5, 5.41) is 0. The lowest BCUT2D eigenvalue weighted by atomic mass is 9.91. The van der Waals surface area contributed by atoms with Gasteiger partial charge >= 0.3 is 18.4 Å². The predicted molar refractivity (Wildman–Crippen MR) is 127 cm³/mol. The molecule has 0 fully saturated rings. The number of rotatable bonds is 5. The molecule has 0 aliphatic carbocycles. The average molecular weight is 546 g/mol. The van der Waals surface area contributed by atoms with Crippen LogP contribution in [0.4, 0.5) is 36.8 Å². The smallest absolute Gasteiger partial charge is 0.416 e. The van der Waals surface area contributed by atoms with Crippen molar-refractivity contribution in [1.29, 1.82) is 0 Å². The maximum absolute atomic E-state index is 13.4. The first kappa shape index (κ1) is 29.2. The third-order valence-electron chi connectivity index (χ3n) is 6.26. The number of carbonyl (C=O) groups is 2. The van der Waals surface area contributed by atoms with Gasteiger partial charge in [-0.3, -0.25) is 14.7 Å². The fourth-order valence-electron chi connectivity index (χ4n) is 4.57. The van der Waals surface area contributed by atoms with Crippen molar-refractivity contribution in [2.45, 2.75) is 84.5 Å². The molecule has 2 atom stereocenters. The third kappa shape index (κ3) is 6.39. The second-order valence-corrected chi connectivity index (χ2v) is 9.53. The molecule has 0 radical (unpaired) electrons. The Morgan fingerprint density at radius 3 is 2.13 bits per heavy atom. The Labute approximate surface area is 216 Å². The molecule has 0 saturated carbocycles. The Kier molecular flexibility index (Phi) is 8.33. The number of pyridine rings is 1. The molecule has 1 aromatic heterocycles. The van der Waals surface area contributed by atoms with Crippen molar-refractivity contribution in [3.05, 3.63) is 58.4 Å². The van der Waals surface area contributed by atoms with Crippen LogP contribution in [-0.2, 0) is 28.4 Å². The molecule has 0 N–H and O–H groups in total. The van der Waals surface area contributed by atoms with Crippen LogP contribution in [0.25, 0.3) is 0 Å². The standard InChI is InChI=1S/C26H29F6N3O3/c1-6-20-12-22(23-21(8-7-15(4)33-23)35(20)24(37)38-14(2)3)34(16(5)36)13-17-9-18(25(27,28)29)11-19(10-17)26(30,31)32/h7-11,14,20,22H,6,12-13H2,1-5H3/t20-,22+/m0/s1. The SMILES string of the molecule is CC[C@H]1C[C@@H](N(Cc2cc(C(F)(F)F)cc(C(F)(F)F)c2)C(C)=O)c2nc(C)ccc2N1C(=O)OC(C)C. The largest absolute Gasteiger partial charge is 0.446 e. The zero-order chi connectivity index (χ0) is 28.6. The second kappa shape index (κ2) is 10.8. The van der Waals surface area contributed by atoms with E-state index < -0.39 is 60.2 Å². The number of aromatic nitrogens is 1. The lowest BCUT2D eigenvalue weighted by Gasteiger charge is -2.43. The molecule has 2 amide bonds. The molecule has 2 aromatic rings. The molecule has 0 spiro atoms. The number of aryl methyl sites for hydroxylation is 1. The Balaban J connectivity index is 2.12. The summed E-state index contributed by atoms with van der Waals surface area (Å²) in [6.45, 7) is 7.58. The van der Waals surface area contributed by atoms with Crippen LogP contribution in [-0.4, -0.2) is 34.0 Å². The Bertz CT molecular complexity index is 1160. The number of benzene rings is 1. The van der Waals surface area contributed by atoms with Crippen molar-refractivity contribution in [2.24, 2.45) is 0 Å². The van der Waals surface area contributed by atoms with Crippen LogP contribution in [0.5, 0.6) is 0 Å². The normalized spacial score (nSPS) is 17.8. The number of hydrogen-bond acceptors (Lipinski definition) is 4. The number of fused-ring (bicyclic) bond motifs is 1. The van der Waals surface area contributed by atoms with Crippen LogP contribution < -0.4 is 4.90 Å². The molecule has 2 heterocycles. The van der Waals surface area contributed by atoms with Gasteiger partial charge in [0.25, 0.3) is 0 Å². The molecule has 1 aliphatic rings. The van der Waals surface area contributed by atoms with Crippen LogP contribution in [0.3, 0.4) is 0 Å². The van der Waals surface area contributed by atoms with E-state index in [0.717, 1.165) is 0 Å². The number of anilines is 1. The van der Waals surface area contributed by atoms with E-state index in [-0.39, 0.29) is 18.1 Å². The number of halogens is 6. The molecule has 6 nitrogen and oxygen atoms in total. The molecule has 0 saturated heterocycles. The summed E-state index contributed by atoms with van der Waals surface area (Å²) in [7, 11) is 0. The lowest BCUT2D eigenvalue weighted by Crippen LogP contribution is -2.49. The van der Waals surface area contributed by atoms with Crippen molar-refractivity contribution in [2.75, 3.05) is 4.90 Å². The molecule has 208 valence electrons. The number of hydrogen-bond donors (Lipinski definition) is 0. The summed E-state index contributed by atoms with van der Waals surface area (Å²) >= 11 is 0. The number of amides is 2. The van der Waals surface area contributed by atoms with E-state index in [4.69, 9.17) is 4.74 Å².